The normalized spacial score (nSPS) is 24.2. The molecule has 2 atom stereocenters. The van der Waals surface area contributed by atoms with Gasteiger partial charge in [-0.1, -0.05) is 26.2 Å². The number of nitrogens with zero attached hydrogens (tertiary/aromatic N) is 2. The number of aryl methyl sites for hydroxylation is 2. The Morgan fingerprint density at radius 2 is 1.96 bits per heavy atom. The molecule has 0 spiro atoms. The van der Waals surface area contributed by atoms with Crippen molar-refractivity contribution in [3.63, 3.8) is 0 Å². The van der Waals surface area contributed by atoms with Crippen LogP contribution in [0.25, 0.3) is 0 Å². The second-order valence-corrected chi connectivity index (χ2v) is 7.78. The van der Waals surface area contributed by atoms with Crippen LogP contribution < -0.4 is 10.6 Å². The van der Waals surface area contributed by atoms with Crippen molar-refractivity contribution in [1.82, 2.24) is 20.4 Å². The van der Waals surface area contributed by atoms with Gasteiger partial charge < -0.3 is 10.6 Å². The summed E-state index contributed by atoms with van der Waals surface area (Å²) in [5, 5.41) is 10.6. The van der Waals surface area contributed by atoms with Gasteiger partial charge in [-0.2, -0.15) is 5.10 Å². The first-order valence-corrected chi connectivity index (χ1v) is 9.51. The number of aromatic nitrogens is 2. The molecule has 1 heterocycles. The first-order chi connectivity index (χ1) is 11.9. The van der Waals surface area contributed by atoms with Gasteiger partial charge >= 0.3 is 0 Å². The zero-order valence-electron chi connectivity index (χ0n) is 15.8. The molecule has 1 aromatic heterocycles. The van der Waals surface area contributed by atoms with Gasteiger partial charge in [-0.15, -0.1) is 0 Å². The van der Waals surface area contributed by atoms with Gasteiger partial charge in [0.15, 0.2) is 0 Å². The smallest absolute Gasteiger partial charge is 0.255 e. The minimum absolute atomic E-state index is 0.00106. The van der Waals surface area contributed by atoms with E-state index in [4.69, 9.17) is 0 Å². The van der Waals surface area contributed by atoms with E-state index in [1.165, 1.54) is 6.42 Å². The van der Waals surface area contributed by atoms with E-state index in [1.807, 2.05) is 20.9 Å². The summed E-state index contributed by atoms with van der Waals surface area (Å²) in [6.45, 7) is 5.90. The topological polar surface area (TPSA) is 76.0 Å². The lowest BCUT2D eigenvalue weighted by atomic mass is 9.95. The lowest BCUT2D eigenvalue weighted by molar-refractivity contribution is -0.127. The van der Waals surface area contributed by atoms with Crippen molar-refractivity contribution >= 4 is 11.8 Å². The van der Waals surface area contributed by atoms with E-state index in [0.717, 1.165) is 31.4 Å². The van der Waals surface area contributed by atoms with Crippen molar-refractivity contribution in [1.29, 1.82) is 0 Å². The molecular formula is C19H30N4O2. The molecule has 0 radical (unpaired) electrons. The second-order valence-electron chi connectivity index (χ2n) is 7.78. The maximum atomic E-state index is 13.0. The number of hydrogen-bond acceptors (Lipinski definition) is 3. The standard InChI is InChI=1S/C19H30N4O2/c1-5-8-14-11-15(14)20-18(25)19(9-6-7-10-19)21-17(24)16-12(2)22-23(4)13(16)3/h14-15H,5-11H2,1-4H3,(H,20,25)(H,21,24)/t14-,15-/m1/s1. The van der Waals surface area contributed by atoms with Crippen LogP contribution in [-0.2, 0) is 11.8 Å². The monoisotopic (exact) mass is 346 g/mol. The molecule has 0 saturated heterocycles. The largest absolute Gasteiger partial charge is 0.351 e. The van der Waals surface area contributed by atoms with Crippen LogP contribution in [-0.4, -0.2) is 33.2 Å². The molecule has 1 aromatic rings. The van der Waals surface area contributed by atoms with Crippen LogP contribution in [0.5, 0.6) is 0 Å². The summed E-state index contributed by atoms with van der Waals surface area (Å²) < 4.78 is 1.71. The number of nitrogens with one attached hydrogen (secondary N) is 2. The second kappa shape index (κ2) is 6.81. The zero-order valence-corrected chi connectivity index (χ0v) is 15.8. The summed E-state index contributed by atoms with van der Waals surface area (Å²) in [6, 6.07) is 0.295. The fourth-order valence-electron chi connectivity index (χ4n) is 4.19. The highest BCUT2D eigenvalue weighted by molar-refractivity contribution is 6.01. The highest BCUT2D eigenvalue weighted by Gasteiger charge is 2.46. The third kappa shape index (κ3) is 3.44. The Morgan fingerprint density at radius 1 is 1.28 bits per heavy atom. The number of rotatable bonds is 6. The summed E-state index contributed by atoms with van der Waals surface area (Å²) in [5.41, 5.74) is 1.37. The van der Waals surface area contributed by atoms with E-state index in [2.05, 4.69) is 22.7 Å². The van der Waals surface area contributed by atoms with E-state index in [1.54, 1.807) is 4.68 Å². The Morgan fingerprint density at radius 3 is 2.52 bits per heavy atom. The van der Waals surface area contributed by atoms with E-state index < -0.39 is 5.54 Å². The quantitative estimate of drug-likeness (QED) is 0.830. The Kier molecular flexibility index (Phi) is 4.89. The number of carbonyl (C=O) groups is 2. The first kappa shape index (κ1) is 18.0. The van der Waals surface area contributed by atoms with Crippen LogP contribution in [0.3, 0.4) is 0 Å². The van der Waals surface area contributed by atoms with Gasteiger partial charge in [-0.3, -0.25) is 14.3 Å². The van der Waals surface area contributed by atoms with Crippen molar-refractivity contribution in [2.75, 3.05) is 0 Å². The molecule has 2 fully saturated rings. The average Bonchev–Trinajstić information content (AvgIpc) is 2.99. The number of amides is 2. The number of carbonyl (C=O) groups excluding carboxylic acids is 2. The molecule has 3 rings (SSSR count). The lowest BCUT2D eigenvalue weighted by Crippen LogP contribution is -2.57. The van der Waals surface area contributed by atoms with Gasteiger partial charge in [0.25, 0.3) is 5.91 Å². The molecule has 138 valence electrons. The third-order valence-electron chi connectivity index (χ3n) is 5.88. The fraction of sp³-hybridized carbons (Fsp3) is 0.737. The Balaban J connectivity index is 1.72. The molecule has 25 heavy (non-hydrogen) atoms. The predicted octanol–water partition coefficient (Wildman–Crippen LogP) is 2.38. The van der Waals surface area contributed by atoms with Gasteiger partial charge in [-0.05, 0) is 45.4 Å². The number of hydrogen-bond donors (Lipinski definition) is 2. The van der Waals surface area contributed by atoms with Crippen molar-refractivity contribution in [2.45, 2.75) is 77.3 Å². The molecular weight excluding hydrogens is 316 g/mol. The van der Waals surface area contributed by atoms with E-state index in [0.29, 0.717) is 36.1 Å². The predicted molar refractivity (Wildman–Crippen MR) is 96.3 cm³/mol. The SMILES string of the molecule is CCC[C@@H]1C[C@H]1NC(=O)C1(NC(=O)c2c(C)nn(C)c2C)CCCC1. The Bertz CT molecular complexity index is 673. The van der Waals surface area contributed by atoms with Gasteiger partial charge in [0.1, 0.15) is 5.54 Å². The summed E-state index contributed by atoms with van der Waals surface area (Å²) in [6.07, 6.45) is 6.77. The maximum absolute atomic E-state index is 13.0. The molecule has 2 saturated carbocycles. The molecule has 6 heteroatoms. The molecule has 0 bridgehead atoms. The van der Waals surface area contributed by atoms with Gasteiger partial charge in [-0.25, -0.2) is 0 Å². The highest BCUT2D eigenvalue weighted by Crippen LogP contribution is 2.37. The third-order valence-corrected chi connectivity index (χ3v) is 5.88. The van der Waals surface area contributed by atoms with Crippen LogP contribution in [0.1, 0.15) is 73.6 Å². The molecule has 0 unspecified atom stereocenters. The van der Waals surface area contributed by atoms with E-state index >= 15 is 0 Å². The molecule has 0 aromatic carbocycles. The van der Waals surface area contributed by atoms with Crippen LogP contribution in [0.4, 0.5) is 0 Å². The minimum atomic E-state index is -0.759. The van der Waals surface area contributed by atoms with E-state index in [-0.39, 0.29) is 11.8 Å². The summed E-state index contributed by atoms with van der Waals surface area (Å²) in [5.74, 6) is 0.438. The van der Waals surface area contributed by atoms with Gasteiger partial charge in [0.2, 0.25) is 5.91 Å². The van der Waals surface area contributed by atoms with E-state index in [9.17, 15) is 9.59 Å². The van der Waals surface area contributed by atoms with Gasteiger partial charge in [0, 0.05) is 18.8 Å². The highest BCUT2D eigenvalue weighted by atomic mass is 16.2. The summed E-state index contributed by atoms with van der Waals surface area (Å²) >= 11 is 0. The average molecular weight is 346 g/mol. The fourth-order valence-corrected chi connectivity index (χ4v) is 4.19. The summed E-state index contributed by atoms with van der Waals surface area (Å²) in [7, 11) is 1.83. The van der Waals surface area contributed by atoms with Crippen LogP contribution in [0.15, 0.2) is 0 Å². The van der Waals surface area contributed by atoms with Crippen molar-refractivity contribution < 1.29 is 9.59 Å². The molecule has 2 aliphatic carbocycles. The van der Waals surface area contributed by atoms with Crippen LogP contribution in [0.2, 0.25) is 0 Å². The molecule has 6 nitrogen and oxygen atoms in total. The van der Waals surface area contributed by atoms with Crippen molar-refractivity contribution in [3.8, 4) is 0 Å². The van der Waals surface area contributed by atoms with Crippen molar-refractivity contribution in [2.24, 2.45) is 13.0 Å². The minimum Gasteiger partial charge on any atom is -0.351 e. The molecule has 0 aliphatic heterocycles. The van der Waals surface area contributed by atoms with Crippen molar-refractivity contribution in [3.05, 3.63) is 17.0 Å². The Labute approximate surface area is 149 Å². The molecule has 2 amide bonds. The zero-order chi connectivity index (χ0) is 18.2. The first-order valence-electron chi connectivity index (χ1n) is 9.51. The summed E-state index contributed by atoms with van der Waals surface area (Å²) in [4.78, 5) is 25.9. The van der Waals surface area contributed by atoms with Gasteiger partial charge in [0.05, 0.1) is 11.3 Å². The van der Waals surface area contributed by atoms with Crippen LogP contribution >= 0.6 is 0 Å². The lowest BCUT2D eigenvalue weighted by Gasteiger charge is -2.29. The Hall–Kier alpha value is -1.85. The maximum Gasteiger partial charge on any atom is 0.255 e. The van der Waals surface area contributed by atoms with Crippen LogP contribution in [0, 0.1) is 19.8 Å². The molecule has 2 N–H and O–H groups in total. The molecule has 2 aliphatic rings.